The lowest BCUT2D eigenvalue weighted by Gasteiger charge is -2.18. The van der Waals surface area contributed by atoms with Gasteiger partial charge in [-0.05, 0) is 63.2 Å². The largest absolute Gasteiger partial charge is 0.358 e. The molecule has 0 aliphatic carbocycles. The van der Waals surface area contributed by atoms with Crippen LogP contribution in [0.5, 0.6) is 0 Å². The monoisotopic (exact) mass is 493 g/mol. The quantitative estimate of drug-likeness (QED) is 0.411. The summed E-state index contributed by atoms with van der Waals surface area (Å²) in [5.41, 5.74) is 5.21. The van der Waals surface area contributed by atoms with Gasteiger partial charge in [0.25, 0.3) is 17.7 Å². The summed E-state index contributed by atoms with van der Waals surface area (Å²) in [5.74, 6) is -0.427. The maximum atomic E-state index is 12.9. The number of aromatic nitrogens is 1. The van der Waals surface area contributed by atoms with Crippen LogP contribution in [0.4, 0.5) is 5.69 Å². The number of anilines is 1. The molecule has 194 valence electrons. The second kappa shape index (κ2) is 12.0. The zero-order chi connectivity index (χ0) is 26.4. The zero-order valence-electron chi connectivity index (χ0n) is 22.4. The van der Waals surface area contributed by atoms with E-state index in [2.05, 4.69) is 41.3 Å². The minimum Gasteiger partial charge on any atom is -0.358 e. The van der Waals surface area contributed by atoms with Crippen molar-refractivity contribution in [2.45, 2.75) is 47.5 Å². The number of likely N-dealkylation sites (N-methyl/N-ethyl adjacent to an activating group) is 1. The third-order valence-corrected chi connectivity index (χ3v) is 6.84. The summed E-state index contributed by atoms with van der Waals surface area (Å²) in [6.07, 6.45) is 3.72. The van der Waals surface area contributed by atoms with Crippen molar-refractivity contribution < 1.29 is 14.4 Å². The topological polar surface area (TPSA) is 97.5 Å². The standard InChI is InChI=1S/C28H39N5O3/c1-7-10-14-32(6)28(36)20-11-12-23-21(16-20)22(26(34)31-23)17-24-18(4)25(19(5)30-24)27(35)29-13-15-33(8-2)9-3/h11-12,16-17,30H,7-10,13-15H2,1-6H3,(H,29,35)(H,31,34). The van der Waals surface area contributed by atoms with Gasteiger partial charge in [-0.15, -0.1) is 0 Å². The summed E-state index contributed by atoms with van der Waals surface area (Å²) >= 11 is 0. The van der Waals surface area contributed by atoms with Crippen LogP contribution < -0.4 is 10.6 Å². The minimum atomic E-state index is -0.231. The Morgan fingerprint density at radius 2 is 1.81 bits per heavy atom. The fraction of sp³-hybridized carbons (Fsp3) is 0.464. The zero-order valence-corrected chi connectivity index (χ0v) is 22.4. The number of benzene rings is 1. The highest BCUT2D eigenvalue weighted by atomic mass is 16.2. The van der Waals surface area contributed by atoms with E-state index < -0.39 is 0 Å². The third kappa shape index (κ3) is 5.87. The molecular formula is C28H39N5O3. The van der Waals surface area contributed by atoms with Gasteiger partial charge in [0, 0.05) is 54.9 Å². The van der Waals surface area contributed by atoms with E-state index in [4.69, 9.17) is 0 Å². The van der Waals surface area contributed by atoms with Gasteiger partial charge in [-0.25, -0.2) is 0 Å². The number of carbonyl (C=O) groups excluding carboxylic acids is 3. The molecule has 1 aliphatic rings. The average molecular weight is 494 g/mol. The molecule has 1 aromatic heterocycles. The Kier molecular flexibility index (Phi) is 9.09. The molecule has 0 unspecified atom stereocenters. The van der Waals surface area contributed by atoms with Gasteiger partial charge >= 0.3 is 0 Å². The van der Waals surface area contributed by atoms with Crippen molar-refractivity contribution in [3.63, 3.8) is 0 Å². The van der Waals surface area contributed by atoms with E-state index in [9.17, 15) is 14.4 Å². The maximum absolute atomic E-state index is 12.9. The first kappa shape index (κ1) is 27.2. The van der Waals surface area contributed by atoms with Crippen molar-refractivity contribution in [2.75, 3.05) is 45.1 Å². The second-order valence-electron chi connectivity index (χ2n) is 9.30. The number of hydrogen-bond donors (Lipinski definition) is 3. The molecule has 1 aromatic carbocycles. The van der Waals surface area contributed by atoms with Gasteiger partial charge in [-0.3, -0.25) is 14.4 Å². The summed E-state index contributed by atoms with van der Waals surface area (Å²) in [6, 6.07) is 5.30. The van der Waals surface area contributed by atoms with E-state index in [0.29, 0.717) is 46.7 Å². The van der Waals surface area contributed by atoms with Gasteiger partial charge in [0.2, 0.25) is 0 Å². The summed E-state index contributed by atoms with van der Waals surface area (Å²) in [4.78, 5) is 45.9. The van der Waals surface area contributed by atoms with Crippen LogP contribution in [0, 0.1) is 13.8 Å². The normalized spacial score (nSPS) is 13.8. The van der Waals surface area contributed by atoms with Gasteiger partial charge < -0.3 is 25.4 Å². The Balaban J connectivity index is 1.85. The molecule has 2 heterocycles. The first-order valence-corrected chi connectivity index (χ1v) is 12.8. The highest BCUT2D eigenvalue weighted by molar-refractivity contribution is 6.35. The van der Waals surface area contributed by atoms with Crippen LogP contribution in [0.1, 0.15) is 76.8 Å². The van der Waals surface area contributed by atoms with E-state index in [1.807, 2.05) is 13.8 Å². The van der Waals surface area contributed by atoms with Crippen molar-refractivity contribution in [1.82, 2.24) is 20.1 Å². The first-order chi connectivity index (χ1) is 17.2. The smallest absolute Gasteiger partial charge is 0.256 e. The number of unbranched alkanes of at least 4 members (excludes halogenated alkanes) is 1. The summed E-state index contributed by atoms with van der Waals surface area (Å²) in [5, 5.41) is 5.89. The van der Waals surface area contributed by atoms with Gasteiger partial charge in [0.15, 0.2) is 0 Å². The van der Waals surface area contributed by atoms with Crippen LogP contribution in [0.15, 0.2) is 18.2 Å². The molecule has 1 aliphatic heterocycles. The first-order valence-electron chi connectivity index (χ1n) is 12.8. The van der Waals surface area contributed by atoms with E-state index in [0.717, 1.165) is 43.7 Å². The Morgan fingerprint density at radius 3 is 2.47 bits per heavy atom. The number of aromatic amines is 1. The number of nitrogens with zero attached hydrogens (tertiary/aromatic N) is 2. The lowest BCUT2D eigenvalue weighted by Crippen LogP contribution is -2.35. The SMILES string of the molecule is CCCCN(C)C(=O)c1ccc2c(c1)C(=Cc1[nH]c(C)c(C(=O)NCCN(CC)CC)c1C)C(=O)N2. The third-order valence-electron chi connectivity index (χ3n) is 6.84. The Bertz CT molecular complexity index is 1160. The number of fused-ring (bicyclic) bond motifs is 1. The molecule has 0 spiro atoms. The molecule has 8 heteroatoms. The van der Waals surface area contributed by atoms with Crippen LogP contribution in [-0.4, -0.2) is 72.3 Å². The predicted molar refractivity (Wildman–Crippen MR) is 145 cm³/mol. The Labute approximate surface area is 214 Å². The molecule has 36 heavy (non-hydrogen) atoms. The van der Waals surface area contributed by atoms with Crippen molar-refractivity contribution in [3.8, 4) is 0 Å². The summed E-state index contributed by atoms with van der Waals surface area (Å²) < 4.78 is 0. The highest BCUT2D eigenvalue weighted by Crippen LogP contribution is 2.35. The van der Waals surface area contributed by atoms with Crippen molar-refractivity contribution >= 4 is 35.1 Å². The molecule has 3 N–H and O–H groups in total. The van der Waals surface area contributed by atoms with E-state index in [-0.39, 0.29) is 17.7 Å². The number of carbonyl (C=O) groups is 3. The van der Waals surface area contributed by atoms with Crippen LogP contribution in [-0.2, 0) is 4.79 Å². The molecule has 0 bridgehead atoms. The second-order valence-corrected chi connectivity index (χ2v) is 9.30. The van der Waals surface area contributed by atoms with Crippen LogP contribution >= 0.6 is 0 Å². The number of aryl methyl sites for hydroxylation is 1. The van der Waals surface area contributed by atoms with Gasteiger partial charge in [0.1, 0.15) is 0 Å². The fourth-order valence-electron chi connectivity index (χ4n) is 4.54. The molecular weight excluding hydrogens is 454 g/mol. The minimum absolute atomic E-state index is 0.0690. The Morgan fingerprint density at radius 1 is 1.08 bits per heavy atom. The number of nitrogens with one attached hydrogen (secondary N) is 3. The molecule has 0 atom stereocenters. The molecule has 0 fully saturated rings. The van der Waals surface area contributed by atoms with Crippen molar-refractivity contribution in [1.29, 1.82) is 0 Å². The fourth-order valence-corrected chi connectivity index (χ4v) is 4.54. The van der Waals surface area contributed by atoms with Crippen LogP contribution in [0.2, 0.25) is 0 Å². The number of amides is 3. The van der Waals surface area contributed by atoms with Crippen LogP contribution in [0.25, 0.3) is 11.6 Å². The number of H-pyrrole nitrogens is 1. The lowest BCUT2D eigenvalue weighted by molar-refractivity contribution is -0.110. The Hall–Kier alpha value is -3.39. The van der Waals surface area contributed by atoms with E-state index in [1.54, 1.807) is 36.2 Å². The van der Waals surface area contributed by atoms with E-state index in [1.165, 1.54) is 0 Å². The van der Waals surface area contributed by atoms with Crippen LogP contribution in [0.3, 0.4) is 0 Å². The van der Waals surface area contributed by atoms with Crippen molar-refractivity contribution in [3.05, 3.63) is 51.8 Å². The molecule has 3 rings (SSSR count). The molecule has 0 radical (unpaired) electrons. The average Bonchev–Trinajstić information content (AvgIpc) is 3.33. The molecule has 3 amide bonds. The maximum Gasteiger partial charge on any atom is 0.256 e. The molecule has 0 saturated carbocycles. The number of rotatable bonds is 11. The van der Waals surface area contributed by atoms with Gasteiger partial charge in [0.05, 0.1) is 11.1 Å². The van der Waals surface area contributed by atoms with Gasteiger partial charge in [-0.2, -0.15) is 0 Å². The summed E-state index contributed by atoms with van der Waals surface area (Å²) in [6.45, 7) is 14.0. The molecule has 8 nitrogen and oxygen atoms in total. The molecule has 2 aromatic rings. The molecule has 0 saturated heterocycles. The lowest BCUT2D eigenvalue weighted by atomic mass is 10.0. The van der Waals surface area contributed by atoms with Gasteiger partial charge in [-0.1, -0.05) is 27.2 Å². The van der Waals surface area contributed by atoms with Crippen molar-refractivity contribution in [2.24, 2.45) is 0 Å². The highest BCUT2D eigenvalue weighted by Gasteiger charge is 2.27. The number of hydrogen-bond acceptors (Lipinski definition) is 4. The summed E-state index contributed by atoms with van der Waals surface area (Å²) in [7, 11) is 1.80. The predicted octanol–water partition coefficient (Wildman–Crippen LogP) is 4.07. The van der Waals surface area contributed by atoms with E-state index >= 15 is 0 Å².